The number of halogens is 1. The zero-order chi connectivity index (χ0) is 18.5. The van der Waals surface area contributed by atoms with Gasteiger partial charge in [-0.15, -0.1) is 11.3 Å². The second kappa shape index (κ2) is 7.96. The highest BCUT2D eigenvalue weighted by Crippen LogP contribution is 2.09. The highest BCUT2D eigenvalue weighted by atomic mass is 35.5. The minimum atomic E-state index is -0.296. The fourth-order valence-electron chi connectivity index (χ4n) is 2.42. The summed E-state index contributed by atoms with van der Waals surface area (Å²) in [6.07, 6.45) is 3.01. The number of ketones is 1. The van der Waals surface area contributed by atoms with Gasteiger partial charge in [0.05, 0.1) is 17.1 Å². The predicted octanol–water partition coefficient (Wildman–Crippen LogP) is 2.58. The van der Waals surface area contributed by atoms with E-state index in [9.17, 15) is 9.59 Å². The highest BCUT2D eigenvalue weighted by molar-refractivity contribution is 7.07. The van der Waals surface area contributed by atoms with Crippen LogP contribution in [0.5, 0.6) is 0 Å². The summed E-state index contributed by atoms with van der Waals surface area (Å²) >= 11 is 7.05. The number of Topliss-reactive ketones (excluding diaryl/α,β-unsaturated/α-hetero) is 1. The number of hydrogen-bond acceptors (Lipinski definition) is 4. The molecule has 0 amide bonds. The molecule has 0 radical (unpaired) electrons. The molecule has 2 aromatic carbocycles. The zero-order valence-electron chi connectivity index (χ0n) is 13.6. The normalized spacial score (nSPS) is 12.2. The molecule has 0 aliphatic rings. The first-order chi connectivity index (χ1) is 12.6. The van der Waals surface area contributed by atoms with Gasteiger partial charge in [-0.25, -0.2) is 0 Å². The Hall–Kier alpha value is -2.94. The Morgan fingerprint density at radius 1 is 1.15 bits per heavy atom. The van der Waals surface area contributed by atoms with Crippen LogP contribution in [-0.2, 0) is 6.54 Å². The third-order valence-corrected chi connectivity index (χ3v) is 5.00. The van der Waals surface area contributed by atoms with E-state index in [4.69, 9.17) is 16.9 Å². The highest BCUT2D eigenvalue weighted by Gasteiger charge is 2.11. The van der Waals surface area contributed by atoms with Crippen LogP contribution in [0.25, 0.3) is 12.2 Å². The van der Waals surface area contributed by atoms with Crippen LogP contribution >= 0.6 is 22.9 Å². The lowest BCUT2D eigenvalue weighted by Crippen LogP contribution is -2.34. The topological polar surface area (TPSA) is 62.9 Å². The smallest absolute Gasteiger partial charge is 0.269 e. The number of thiazole rings is 1. The number of hydrogen-bond donors (Lipinski definition) is 0. The second-order valence-corrected chi connectivity index (χ2v) is 6.95. The van der Waals surface area contributed by atoms with E-state index >= 15 is 0 Å². The van der Waals surface area contributed by atoms with Crippen molar-refractivity contribution in [3.05, 3.63) is 90.3 Å². The van der Waals surface area contributed by atoms with Crippen LogP contribution < -0.4 is 14.8 Å². The Morgan fingerprint density at radius 3 is 2.50 bits per heavy atom. The number of nitriles is 1. The molecule has 128 valence electrons. The molecule has 0 N–H and O–H groups in total. The Kier molecular flexibility index (Phi) is 5.47. The molecule has 0 unspecified atom stereocenters. The van der Waals surface area contributed by atoms with Crippen molar-refractivity contribution in [3.63, 3.8) is 0 Å². The second-order valence-electron chi connectivity index (χ2n) is 5.45. The van der Waals surface area contributed by atoms with Crippen molar-refractivity contribution >= 4 is 40.9 Å². The summed E-state index contributed by atoms with van der Waals surface area (Å²) in [5, 5.41) is 9.60. The van der Waals surface area contributed by atoms with Crippen molar-refractivity contribution < 1.29 is 4.79 Å². The molecule has 1 heterocycles. The third-order valence-electron chi connectivity index (χ3n) is 3.69. The van der Waals surface area contributed by atoms with Crippen molar-refractivity contribution in [2.75, 3.05) is 0 Å². The van der Waals surface area contributed by atoms with E-state index in [-0.39, 0.29) is 17.9 Å². The van der Waals surface area contributed by atoms with E-state index in [1.807, 2.05) is 12.1 Å². The summed E-state index contributed by atoms with van der Waals surface area (Å²) in [7, 11) is 0. The summed E-state index contributed by atoms with van der Waals surface area (Å²) in [6.45, 7) is -0.110. The number of benzene rings is 2. The Balaban J connectivity index is 2.06. The molecule has 6 heteroatoms. The molecule has 1 aromatic heterocycles. The molecular formula is C20H13ClN2O2S. The van der Waals surface area contributed by atoms with Crippen LogP contribution in [0, 0.1) is 11.3 Å². The third kappa shape index (κ3) is 3.99. The van der Waals surface area contributed by atoms with Gasteiger partial charge in [0, 0.05) is 16.7 Å². The van der Waals surface area contributed by atoms with Gasteiger partial charge < -0.3 is 0 Å². The number of carbonyl (C=O) groups excluding carboxylic acids is 1. The molecule has 0 saturated carbocycles. The van der Waals surface area contributed by atoms with Crippen molar-refractivity contribution in [2.45, 2.75) is 6.54 Å². The van der Waals surface area contributed by atoms with E-state index in [0.29, 0.717) is 19.8 Å². The van der Waals surface area contributed by atoms with Crippen LogP contribution in [0.15, 0.2) is 59.4 Å². The summed E-state index contributed by atoms with van der Waals surface area (Å²) in [5.41, 5.74) is 1.05. The lowest BCUT2D eigenvalue weighted by Gasteiger charge is -2.01. The minimum Gasteiger partial charge on any atom is -0.292 e. The van der Waals surface area contributed by atoms with Gasteiger partial charge in [-0.3, -0.25) is 14.2 Å². The molecule has 0 fully saturated rings. The molecule has 0 aliphatic heterocycles. The van der Waals surface area contributed by atoms with Gasteiger partial charge in [0.2, 0.25) is 0 Å². The first-order valence-corrected chi connectivity index (χ1v) is 8.93. The maximum Gasteiger partial charge on any atom is 0.269 e. The molecule has 0 aliphatic carbocycles. The Morgan fingerprint density at radius 2 is 1.85 bits per heavy atom. The minimum absolute atomic E-state index is 0.110. The standard InChI is InChI=1S/C20H13ClN2O2S/c21-16-8-6-14(7-9-16)12-18-20(25)23(19(26-18)10-11-22)13-17(24)15-4-2-1-3-5-15/h1-10,12H,13H2/b18-12-,19-10-. The van der Waals surface area contributed by atoms with Gasteiger partial charge >= 0.3 is 0 Å². The molecule has 26 heavy (non-hydrogen) atoms. The fourth-order valence-corrected chi connectivity index (χ4v) is 3.53. The maximum atomic E-state index is 12.7. The number of rotatable bonds is 4. The fraction of sp³-hybridized carbons (Fsp3) is 0.0500. The average molecular weight is 381 g/mol. The van der Waals surface area contributed by atoms with Gasteiger partial charge in [0.15, 0.2) is 5.78 Å². The first-order valence-electron chi connectivity index (χ1n) is 7.73. The van der Waals surface area contributed by atoms with Crippen molar-refractivity contribution in [2.24, 2.45) is 0 Å². The van der Waals surface area contributed by atoms with E-state index in [1.165, 1.54) is 22.0 Å². The molecule has 0 saturated heterocycles. The Labute approximate surface area is 158 Å². The molecule has 0 spiro atoms. The van der Waals surface area contributed by atoms with Gasteiger partial charge in [0.25, 0.3) is 5.56 Å². The van der Waals surface area contributed by atoms with Crippen LogP contribution in [0.1, 0.15) is 15.9 Å². The lowest BCUT2D eigenvalue weighted by molar-refractivity contribution is 0.0970. The zero-order valence-corrected chi connectivity index (χ0v) is 15.1. The largest absolute Gasteiger partial charge is 0.292 e. The molecular weight excluding hydrogens is 368 g/mol. The maximum absolute atomic E-state index is 12.7. The van der Waals surface area contributed by atoms with Crippen LogP contribution in [-0.4, -0.2) is 10.4 Å². The number of nitrogens with zero attached hydrogens (tertiary/aromatic N) is 2. The van der Waals surface area contributed by atoms with Gasteiger partial charge in [-0.2, -0.15) is 5.26 Å². The lowest BCUT2D eigenvalue weighted by atomic mass is 10.1. The SMILES string of the molecule is N#C/C=c1\s/c(=C\c2ccc(Cl)cc2)c(=O)n1CC(=O)c1ccccc1. The molecule has 0 bridgehead atoms. The van der Waals surface area contributed by atoms with Gasteiger partial charge in [-0.05, 0) is 23.8 Å². The molecule has 3 aromatic rings. The quantitative estimate of drug-likeness (QED) is 0.653. The van der Waals surface area contributed by atoms with Gasteiger partial charge in [-0.1, -0.05) is 54.1 Å². The monoisotopic (exact) mass is 380 g/mol. The summed E-state index contributed by atoms with van der Waals surface area (Å²) in [4.78, 5) is 25.2. The summed E-state index contributed by atoms with van der Waals surface area (Å²) in [5.74, 6) is -0.184. The van der Waals surface area contributed by atoms with Crippen molar-refractivity contribution in [1.82, 2.24) is 4.57 Å². The number of carbonyl (C=O) groups is 1. The number of aromatic nitrogens is 1. The average Bonchev–Trinajstić information content (AvgIpc) is 2.93. The predicted molar refractivity (Wildman–Crippen MR) is 104 cm³/mol. The van der Waals surface area contributed by atoms with E-state index in [1.54, 1.807) is 54.6 Å². The van der Waals surface area contributed by atoms with E-state index < -0.39 is 0 Å². The van der Waals surface area contributed by atoms with Crippen molar-refractivity contribution in [3.8, 4) is 6.07 Å². The van der Waals surface area contributed by atoms with E-state index in [2.05, 4.69) is 0 Å². The van der Waals surface area contributed by atoms with Crippen molar-refractivity contribution in [1.29, 1.82) is 5.26 Å². The summed E-state index contributed by atoms with van der Waals surface area (Å²) in [6, 6.07) is 17.8. The van der Waals surface area contributed by atoms with Crippen LogP contribution in [0.3, 0.4) is 0 Å². The van der Waals surface area contributed by atoms with Crippen LogP contribution in [0.2, 0.25) is 5.02 Å². The molecule has 0 atom stereocenters. The Bertz CT molecular complexity index is 1150. The first kappa shape index (κ1) is 17.9. The molecule has 3 rings (SSSR count). The molecule has 4 nitrogen and oxygen atoms in total. The van der Waals surface area contributed by atoms with Crippen LogP contribution in [0.4, 0.5) is 0 Å². The van der Waals surface area contributed by atoms with Gasteiger partial charge in [0.1, 0.15) is 4.66 Å². The van der Waals surface area contributed by atoms with E-state index in [0.717, 1.165) is 5.56 Å². The summed E-state index contributed by atoms with van der Waals surface area (Å²) < 4.78 is 2.24.